The molecular formula is C23H26N6O2. The third-order valence-electron chi connectivity index (χ3n) is 4.70. The molecule has 0 spiro atoms. The highest BCUT2D eigenvalue weighted by atomic mass is 16.2. The van der Waals surface area contributed by atoms with Crippen LogP contribution in [-0.2, 0) is 6.54 Å². The Morgan fingerprint density at radius 1 is 1.06 bits per heavy atom. The molecule has 6 N–H and O–H groups in total. The number of carbonyl (C=O) groups excluding carboxylic acids is 2. The summed E-state index contributed by atoms with van der Waals surface area (Å²) in [5.74, 6) is 5.28. The number of rotatable bonds is 8. The van der Waals surface area contributed by atoms with Crippen LogP contribution < -0.4 is 22.2 Å². The Morgan fingerprint density at radius 2 is 1.84 bits per heavy atom. The van der Waals surface area contributed by atoms with Crippen molar-refractivity contribution in [1.29, 1.82) is 0 Å². The summed E-state index contributed by atoms with van der Waals surface area (Å²) in [4.78, 5) is 29.7. The molecule has 8 heteroatoms. The van der Waals surface area contributed by atoms with Gasteiger partial charge in [0, 0.05) is 30.7 Å². The summed E-state index contributed by atoms with van der Waals surface area (Å²) in [7, 11) is 0. The second kappa shape index (κ2) is 10.2. The number of nitrogens with two attached hydrogens (primary N) is 2. The van der Waals surface area contributed by atoms with Gasteiger partial charge in [0.2, 0.25) is 0 Å². The first-order valence-corrected chi connectivity index (χ1v) is 10.00. The number of hydrogen-bond acceptors (Lipinski definition) is 6. The molecule has 160 valence electrons. The predicted molar refractivity (Wildman–Crippen MR) is 122 cm³/mol. The van der Waals surface area contributed by atoms with Crippen LogP contribution in [0.5, 0.6) is 0 Å². The van der Waals surface area contributed by atoms with Crippen molar-refractivity contribution in [3.8, 4) is 0 Å². The number of amides is 2. The molecule has 3 aromatic rings. The van der Waals surface area contributed by atoms with E-state index in [1.807, 2.05) is 37.3 Å². The molecule has 2 amide bonds. The minimum atomic E-state index is -0.327. The van der Waals surface area contributed by atoms with Gasteiger partial charge in [-0.05, 0) is 41.0 Å². The molecule has 0 fully saturated rings. The Labute approximate surface area is 180 Å². The first-order chi connectivity index (χ1) is 15.0. The van der Waals surface area contributed by atoms with Crippen molar-refractivity contribution in [2.75, 3.05) is 11.9 Å². The maximum Gasteiger partial charge on any atom is 0.272 e. The summed E-state index contributed by atoms with van der Waals surface area (Å²) in [5, 5.41) is 8.77. The van der Waals surface area contributed by atoms with Crippen molar-refractivity contribution in [3.05, 3.63) is 83.9 Å². The molecular weight excluding hydrogens is 392 g/mol. The van der Waals surface area contributed by atoms with Gasteiger partial charge >= 0.3 is 0 Å². The standard InChI is InChI=1S/C23H26N6O2/c1-2-12-27-23(31)21-20(8-5-13-26-21)28-22(30)19-10-9-16(15-29(25)14-11-24)17-6-3-4-7-18(17)19/h3-11,13-14H,2,12,15,24-25H2,1H3,(H,27,31)(H,28,30)/b14-11-. The minimum absolute atomic E-state index is 0.178. The summed E-state index contributed by atoms with van der Waals surface area (Å²) in [6, 6.07) is 14.5. The zero-order valence-electron chi connectivity index (χ0n) is 17.3. The zero-order chi connectivity index (χ0) is 22.2. The largest absolute Gasteiger partial charge is 0.403 e. The summed E-state index contributed by atoms with van der Waals surface area (Å²) < 4.78 is 0. The molecule has 31 heavy (non-hydrogen) atoms. The molecule has 0 bridgehead atoms. The van der Waals surface area contributed by atoms with E-state index in [2.05, 4.69) is 15.6 Å². The number of benzene rings is 2. The first-order valence-electron chi connectivity index (χ1n) is 10.00. The third kappa shape index (κ3) is 5.18. The van der Waals surface area contributed by atoms with Crippen LogP contribution in [0.25, 0.3) is 10.8 Å². The van der Waals surface area contributed by atoms with E-state index in [-0.39, 0.29) is 17.5 Å². The van der Waals surface area contributed by atoms with Gasteiger partial charge in [-0.2, -0.15) is 0 Å². The minimum Gasteiger partial charge on any atom is -0.403 e. The molecule has 1 heterocycles. The van der Waals surface area contributed by atoms with Crippen molar-refractivity contribution >= 4 is 28.3 Å². The van der Waals surface area contributed by atoms with Crippen LogP contribution in [0, 0.1) is 0 Å². The van der Waals surface area contributed by atoms with Crippen LogP contribution in [0.3, 0.4) is 0 Å². The smallest absolute Gasteiger partial charge is 0.272 e. The fourth-order valence-corrected chi connectivity index (χ4v) is 3.26. The van der Waals surface area contributed by atoms with E-state index in [9.17, 15) is 9.59 Å². The lowest BCUT2D eigenvalue weighted by Crippen LogP contribution is -2.27. The SMILES string of the molecule is CCCNC(=O)c1ncccc1NC(=O)c1ccc(CN(N)/C=C\N)c2ccccc12. The molecule has 0 atom stereocenters. The average Bonchev–Trinajstić information content (AvgIpc) is 2.78. The lowest BCUT2D eigenvalue weighted by atomic mass is 9.98. The fourth-order valence-electron chi connectivity index (χ4n) is 3.26. The molecule has 0 saturated heterocycles. The van der Waals surface area contributed by atoms with Crippen LogP contribution >= 0.6 is 0 Å². The topological polar surface area (TPSA) is 126 Å². The van der Waals surface area contributed by atoms with Crippen molar-refractivity contribution in [1.82, 2.24) is 15.3 Å². The Morgan fingerprint density at radius 3 is 2.58 bits per heavy atom. The van der Waals surface area contributed by atoms with E-state index in [1.54, 1.807) is 24.4 Å². The lowest BCUT2D eigenvalue weighted by Gasteiger charge is -2.17. The number of hydrogen-bond donors (Lipinski definition) is 4. The van der Waals surface area contributed by atoms with E-state index in [0.29, 0.717) is 24.3 Å². The average molecular weight is 419 g/mol. The van der Waals surface area contributed by atoms with Gasteiger partial charge in [-0.3, -0.25) is 9.59 Å². The first kappa shape index (κ1) is 21.8. The second-order valence-electron chi connectivity index (χ2n) is 6.94. The Hall–Kier alpha value is -3.91. The molecule has 3 rings (SSSR count). The summed E-state index contributed by atoms with van der Waals surface area (Å²) >= 11 is 0. The van der Waals surface area contributed by atoms with E-state index < -0.39 is 0 Å². The molecule has 0 aliphatic rings. The van der Waals surface area contributed by atoms with Gasteiger partial charge in [-0.15, -0.1) is 0 Å². The Bertz CT molecular complexity index is 1110. The molecule has 2 aromatic carbocycles. The number of carbonyl (C=O) groups is 2. The van der Waals surface area contributed by atoms with Gasteiger partial charge in [-0.1, -0.05) is 37.3 Å². The summed E-state index contributed by atoms with van der Waals surface area (Å²) in [6.07, 6.45) is 5.27. The monoisotopic (exact) mass is 418 g/mol. The van der Waals surface area contributed by atoms with Gasteiger partial charge in [0.15, 0.2) is 5.69 Å². The molecule has 0 unspecified atom stereocenters. The van der Waals surface area contributed by atoms with Gasteiger partial charge in [0.1, 0.15) is 0 Å². The van der Waals surface area contributed by atoms with E-state index in [1.165, 1.54) is 17.4 Å². The van der Waals surface area contributed by atoms with Gasteiger partial charge in [0.05, 0.1) is 12.2 Å². The number of aromatic nitrogens is 1. The normalized spacial score (nSPS) is 10.9. The van der Waals surface area contributed by atoms with Gasteiger partial charge in [-0.25, -0.2) is 10.8 Å². The third-order valence-corrected chi connectivity index (χ3v) is 4.70. The quantitative estimate of drug-likeness (QED) is 0.329. The number of hydrazine groups is 1. The van der Waals surface area contributed by atoms with Gasteiger partial charge < -0.3 is 21.4 Å². The van der Waals surface area contributed by atoms with Gasteiger partial charge in [0.25, 0.3) is 11.8 Å². The summed E-state index contributed by atoms with van der Waals surface area (Å²) in [6.45, 7) is 2.93. The molecule has 0 saturated carbocycles. The number of pyridine rings is 1. The lowest BCUT2D eigenvalue weighted by molar-refractivity contribution is 0.0949. The van der Waals surface area contributed by atoms with Crippen LogP contribution in [0.2, 0.25) is 0 Å². The Balaban J connectivity index is 1.92. The van der Waals surface area contributed by atoms with Crippen LogP contribution in [0.1, 0.15) is 39.8 Å². The van der Waals surface area contributed by atoms with Crippen LogP contribution in [0.4, 0.5) is 5.69 Å². The second-order valence-corrected chi connectivity index (χ2v) is 6.94. The summed E-state index contributed by atoms with van der Waals surface area (Å²) in [5.41, 5.74) is 7.38. The van der Waals surface area contributed by atoms with Crippen molar-refractivity contribution in [2.45, 2.75) is 19.9 Å². The van der Waals surface area contributed by atoms with E-state index in [4.69, 9.17) is 11.6 Å². The van der Waals surface area contributed by atoms with Crippen LogP contribution in [0.15, 0.2) is 67.1 Å². The molecule has 0 aliphatic heterocycles. The molecule has 1 aromatic heterocycles. The van der Waals surface area contributed by atoms with Crippen molar-refractivity contribution in [3.63, 3.8) is 0 Å². The van der Waals surface area contributed by atoms with Crippen LogP contribution in [-0.4, -0.2) is 28.4 Å². The fraction of sp³-hybridized carbons (Fsp3) is 0.174. The highest BCUT2D eigenvalue weighted by Crippen LogP contribution is 2.25. The number of anilines is 1. The Kier molecular flexibility index (Phi) is 7.18. The van der Waals surface area contributed by atoms with E-state index >= 15 is 0 Å². The molecule has 0 aliphatic carbocycles. The molecule has 0 radical (unpaired) electrons. The molecule has 8 nitrogen and oxygen atoms in total. The van der Waals surface area contributed by atoms with E-state index in [0.717, 1.165) is 22.8 Å². The highest BCUT2D eigenvalue weighted by Gasteiger charge is 2.17. The maximum absolute atomic E-state index is 13.1. The zero-order valence-corrected chi connectivity index (χ0v) is 17.3. The highest BCUT2D eigenvalue weighted by molar-refractivity contribution is 6.15. The van der Waals surface area contributed by atoms with Crippen molar-refractivity contribution < 1.29 is 9.59 Å². The number of fused-ring (bicyclic) bond motifs is 1. The maximum atomic E-state index is 13.1. The number of nitrogens with zero attached hydrogens (tertiary/aromatic N) is 2. The predicted octanol–water partition coefficient (Wildman–Crippen LogP) is 2.73. The van der Waals surface area contributed by atoms with Crippen molar-refractivity contribution in [2.24, 2.45) is 11.6 Å². The number of nitrogens with one attached hydrogen (secondary N) is 2.